The summed E-state index contributed by atoms with van der Waals surface area (Å²) in [4.78, 5) is 21.6. The van der Waals surface area contributed by atoms with Gasteiger partial charge < -0.3 is 38.6 Å². The smallest absolute Gasteiger partial charge is 0.328 e. The summed E-state index contributed by atoms with van der Waals surface area (Å²) in [5.74, 6) is 0.199. The fourth-order valence-electron chi connectivity index (χ4n) is 3.02. The van der Waals surface area contributed by atoms with E-state index in [9.17, 15) is 9.59 Å². The van der Waals surface area contributed by atoms with Crippen LogP contribution >= 0.6 is 0 Å². The Kier molecular flexibility index (Phi) is 10.3. The summed E-state index contributed by atoms with van der Waals surface area (Å²) in [5.41, 5.74) is 1.16. The minimum absolute atomic E-state index is 0.265. The molecule has 0 unspecified atom stereocenters. The van der Waals surface area contributed by atoms with E-state index >= 15 is 0 Å². The van der Waals surface area contributed by atoms with Gasteiger partial charge in [0.1, 0.15) is 0 Å². The van der Waals surface area contributed by atoms with Gasteiger partial charge in [-0.25, -0.2) is 9.59 Å². The van der Waals surface area contributed by atoms with Gasteiger partial charge in [0.2, 0.25) is 11.5 Å². The lowest BCUT2D eigenvalue weighted by molar-refractivity contribution is -0.132. The number of carboxylic acid groups (broad SMARTS) is 2. The highest BCUT2D eigenvalue weighted by molar-refractivity contribution is 5.86. The zero-order valence-electron chi connectivity index (χ0n) is 19.9. The maximum absolute atomic E-state index is 10.8. The first-order valence-corrected chi connectivity index (χ1v) is 10.4. The van der Waals surface area contributed by atoms with Gasteiger partial charge in [-0.2, -0.15) is 0 Å². The SMILES string of the molecule is COc1cc(/C=C/C(=O)O)cc(OC)c1OCCCOc1c(OC)cc(/C=C/C(=O)O)cc1OC. The topological polar surface area (TPSA) is 130 Å². The van der Waals surface area contributed by atoms with E-state index in [1.165, 1.54) is 40.6 Å². The highest BCUT2D eigenvalue weighted by Gasteiger charge is 2.16. The molecule has 188 valence electrons. The van der Waals surface area contributed by atoms with E-state index in [0.29, 0.717) is 52.0 Å². The molecular weight excluding hydrogens is 460 g/mol. The van der Waals surface area contributed by atoms with Crippen molar-refractivity contribution in [3.63, 3.8) is 0 Å². The number of aliphatic carboxylic acids is 2. The van der Waals surface area contributed by atoms with E-state index < -0.39 is 11.9 Å². The molecule has 0 saturated heterocycles. The number of carbonyl (C=O) groups is 2. The average molecular weight is 488 g/mol. The molecule has 0 aliphatic rings. The zero-order chi connectivity index (χ0) is 25.8. The summed E-state index contributed by atoms with van der Waals surface area (Å²) in [7, 11) is 5.90. The Bertz CT molecular complexity index is 952. The van der Waals surface area contributed by atoms with E-state index in [0.717, 1.165) is 12.2 Å². The van der Waals surface area contributed by atoms with Crippen LogP contribution < -0.4 is 28.4 Å². The molecule has 0 amide bonds. The lowest BCUT2D eigenvalue weighted by Gasteiger charge is -2.17. The molecule has 2 aromatic carbocycles. The summed E-state index contributed by atoms with van der Waals surface area (Å²) in [6, 6.07) is 6.57. The summed E-state index contributed by atoms with van der Waals surface area (Å²) >= 11 is 0. The lowest BCUT2D eigenvalue weighted by Crippen LogP contribution is -2.08. The predicted octanol–water partition coefficient (Wildman–Crippen LogP) is 3.76. The van der Waals surface area contributed by atoms with Crippen molar-refractivity contribution in [2.45, 2.75) is 6.42 Å². The summed E-state index contributed by atoms with van der Waals surface area (Å²) in [6.07, 6.45) is 5.37. The molecule has 0 radical (unpaired) electrons. The molecule has 0 saturated carbocycles. The van der Waals surface area contributed by atoms with Gasteiger partial charge in [0.15, 0.2) is 23.0 Å². The van der Waals surface area contributed by atoms with E-state index in [2.05, 4.69) is 0 Å². The van der Waals surface area contributed by atoms with E-state index in [-0.39, 0.29) is 13.2 Å². The zero-order valence-corrected chi connectivity index (χ0v) is 19.9. The molecule has 2 aromatic rings. The normalized spacial score (nSPS) is 10.9. The van der Waals surface area contributed by atoms with Crippen LogP contribution in [-0.4, -0.2) is 63.8 Å². The number of ether oxygens (including phenoxy) is 6. The minimum atomic E-state index is -1.07. The molecule has 10 heteroatoms. The molecule has 2 rings (SSSR count). The van der Waals surface area contributed by atoms with Crippen LogP contribution in [0, 0.1) is 0 Å². The second-order valence-electron chi connectivity index (χ2n) is 6.90. The quantitative estimate of drug-likeness (QED) is 0.299. The third-order valence-corrected chi connectivity index (χ3v) is 4.58. The maximum atomic E-state index is 10.8. The summed E-state index contributed by atoms with van der Waals surface area (Å²) in [6.45, 7) is 0.530. The third-order valence-electron chi connectivity index (χ3n) is 4.58. The first-order chi connectivity index (χ1) is 16.8. The lowest BCUT2D eigenvalue weighted by atomic mass is 10.1. The largest absolute Gasteiger partial charge is 0.493 e. The van der Waals surface area contributed by atoms with Crippen LogP contribution in [0.5, 0.6) is 34.5 Å². The van der Waals surface area contributed by atoms with Crippen molar-refractivity contribution in [2.24, 2.45) is 0 Å². The van der Waals surface area contributed by atoms with Gasteiger partial charge in [0.25, 0.3) is 0 Å². The van der Waals surface area contributed by atoms with E-state index in [1.54, 1.807) is 24.3 Å². The Morgan fingerprint density at radius 1 is 0.657 bits per heavy atom. The van der Waals surface area contributed by atoms with Crippen molar-refractivity contribution < 1.29 is 48.2 Å². The molecule has 0 bridgehead atoms. The fraction of sp³-hybridized carbons (Fsp3) is 0.280. The second-order valence-corrected chi connectivity index (χ2v) is 6.90. The van der Waals surface area contributed by atoms with Crippen molar-refractivity contribution in [1.82, 2.24) is 0 Å². The molecule has 0 spiro atoms. The highest BCUT2D eigenvalue weighted by atomic mass is 16.5. The van der Waals surface area contributed by atoms with Crippen LogP contribution in [0.3, 0.4) is 0 Å². The molecule has 2 N–H and O–H groups in total. The molecule has 0 aromatic heterocycles. The van der Waals surface area contributed by atoms with Gasteiger partial charge >= 0.3 is 11.9 Å². The van der Waals surface area contributed by atoms with Crippen molar-refractivity contribution in [3.8, 4) is 34.5 Å². The van der Waals surface area contributed by atoms with Crippen molar-refractivity contribution in [1.29, 1.82) is 0 Å². The van der Waals surface area contributed by atoms with Gasteiger partial charge in [-0.1, -0.05) is 0 Å². The monoisotopic (exact) mass is 488 g/mol. The standard InChI is InChI=1S/C25H28O10/c1-30-18-12-16(6-8-22(26)27)13-19(31-2)24(18)34-10-5-11-35-25-20(32-3)14-17(7-9-23(28)29)15-21(25)33-4/h6-9,12-15H,5,10-11H2,1-4H3,(H,26,27)(H,28,29)/b8-6+,9-7+. The summed E-state index contributed by atoms with van der Waals surface area (Å²) in [5, 5.41) is 17.7. The Labute approximate surface area is 202 Å². The molecule has 0 atom stereocenters. The molecule has 0 heterocycles. The molecule has 0 aliphatic heterocycles. The predicted molar refractivity (Wildman–Crippen MR) is 128 cm³/mol. The second kappa shape index (κ2) is 13.4. The molecule has 10 nitrogen and oxygen atoms in total. The van der Waals surface area contributed by atoms with Crippen LogP contribution in [0.1, 0.15) is 17.5 Å². The first-order valence-electron chi connectivity index (χ1n) is 10.4. The number of methoxy groups -OCH3 is 4. The Morgan fingerprint density at radius 3 is 1.23 bits per heavy atom. The van der Waals surface area contributed by atoms with E-state index in [1.807, 2.05) is 0 Å². The van der Waals surface area contributed by atoms with Crippen molar-refractivity contribution >= 4 is 24.1 Å². The Balaban J connectivity index is 2.07. The van der Waals surface area contributed by atoms with Gasteiger partial charge in [-0.15, -0.1) is 0 Å². The average Bonchev–Trinajstić information content (AvgIpc) is 2.85. The Morgan fingerprint density at radius 2 is 0.971 bits per heavy atom. The number of hydrogen-bond acceptors (Lipinski definition) is 8. The van der Waals surface area contributed by atoms with E-state index in [4.69, 9.17) is 38.6 Å². The number of carboxylic acids is 2. The molecular formula is C25H28O10. The minimum Gasteiger partial charge on any atom is -0.493 e. The van der Waals surface area contributed by atoms with Crippen LogP contribution in [0.4, 0.5) is 0 Å². The number of hydrogen-bond donors (Lipinski definition) is 2. The van der Waals surface area contributed by atoms with Crippen molar-refractivity contribution in [2.75, 3.05) is 41.7 Å². The highest BCUT2D eigenvalue weighted by Crippen LogP contribution is 2.40. The maximum Gasteiger partial charge on any atom is 0.328 e. The number of benzene rings is 2. The van der Waals surface area contributed by atoms with Gasteiger partial charge in [-0.3, -0.25) is 0 Å². The molecule has 0 fully saturated rings. The Hall–Kier alpha value is -4.34. The van der Waals surface area contributed by atoms with Gasteiger partial charge in [0, 0.05) is 18.6 Å². The van der Waals surface area contributed by atoms with Crippen molar-refractivity contribution in [3.05, 3.63) is 47.5 Å². The first kappa shape index (κ1) is 26.9. The fourth-order valence-corrected chi connectivity index (χ4v) is 3.02. The van der Waals surface area contributed by atoms with Crippen LogP contribution in [0.2, 0.25) is 0 Å². The van der Waals surface area contributed by atoms with Crippen LogP contribution in [-0.2, 0) is 9.59 Å². The third kappa shape index (κ3) is 7.88. The molecule has 35 heavy (non-hydrogen) atoms. The van der Waals surface area contributed by atoms with Gasteiger partial charge in [0.05, 0.1) is 41.7 Å². The summed E-state index contributed by atoms with van der Waals surface area (Å²) < 4.78 is 33.2. The molecule has 0 aliphatic carbocycles. The van der Waals surface area contributed by atoms with Gasteiger partial charge in [-0.05, 0) is 47.5 Å². The van der Waals surface area contributed by atoms with Crippen LogP contribution in [0.25, 0.3) is 12.2 Å². The number of rotatable bonds is 14. The van der Waals surface area contributed by atoms with Crippen LogP contribution in [0.15, 0.2) is 36.4 Å².